The highest BCUT2D eigenvalue weighted by Crippen LogP contribution is 2.21. The van der Waals surface area contributed by atoms with Crippen LogP contribution in [0.2, 0.25) is 0 Å². The van der Waals surface area contributed by atoms with Crippen LogP contribution in [0.15, 0.2) is 52.2 Å². The second-order valence-corrected chi connectivity index (χ2v) is 4.86. The molecular weight excluding hydrogens is 294 g/mol. The predicted molar refractivity (Wildman–Crippen MR) is 86.3 cm³/mol. The molecule has 3 aromatic rings. The van der Waals surface area contributed by atoms with Gasteiger partial charge in [-0.25, -0.2) is 9.97 Å². The molecule has 4 rings (SSSR count). The molecule has 0 radical (unpaired) electrons. The number of fused-ring (bicyclic) bond motifs is 3. The van der Waals surface area contributed by atoms with Gasteiger partial charge in [0.1, 0.15) is 17.3 Å². The lowest BCUT2D eigenvalue weighted by Gasteiger charge is -2.04. The van der Waals surface area contributed by atoms with Crippen LogP contribution in [0.25, 0.3) is 34.2 Å². The molecule has 0 fully saturated rings. The fraction of sp³-hybridized carbons (Fsp3) is 0. The van der Waals surface area contributed by atoms with E-state index in [2.05, 4.69) is 25.1 Å². The minimum absolute atomic E-state index is 0.317. The van der Waals surface area contributed by atoms with Crippen molar-refractivity contribution in [2.45, 2.75) is 0 Å². The maximum absolute atomic E-state index is 12.3. The smallest absolute Gasteiger partial charge is 0.261 e. The Morgan fingerprint density at radius 1 is 1.09 bits per heavy atom. The number of aromatic amines is 2. The lowest BCUT2D eigenvalue weighted by atomic mass is 10.2. The molecular formula is C16H11N5O2. The van der Waals surface area contributed by atoms with Crippen molar-refractivity contribution in [3.63, 3.8) is 0 Å². The number of nitrogens with one attached hydrogen (secondary N) is 2. The van der Waals surface area contributed by atoms with Crippen molar-refractivity contribution in [2.24, 2.45) is 0 Å². The van der Waals surface area contributed by atoms with Crippen molar-refractivity contribution >= 4 is 34.2 Å². The Morgan fingerprint density at radius 2 is 2.00 bits per heavy atom. The summed E-state index contributed by atoms with van der Waals surface area (Å²) in [7, 11) is 0. The third-order valence-electron chi connectivity index (χ3n) is 3.38. The quantitative estimate of drug-likeness (QED) is 0.520. The van der Waals surface area contributed by atoms with E-state index >= 15 is 0 Å². The standard InChI is InChI=1S/C16H11N5O2/c22-16-11-8-19-21-15(11)18-9-17-7-10-3-1-2-4-13(10)23-14-6-5-12(14)20-16/h1-9H,(H,19,21)(H,20,22). The molecule has 0 saturated heterocycles. The van der Waals surface area contributed by atoms with Gasteiger partial charge in [0, 0.05) is 11.6 Å². The maximum atomic E-state index is 12.3. The molecule has 1 aliphatic carbocycles. The lowest BCUT2D eigenvalue weighted by Crippen LogP contribution is -2.06. The zero-order chi connectivity index (χ0) is 15.6. The molecule has 0 aliphatic heterocycles. The number of H-pyrrole nitrogens is 2. The van der Waals surface area contributed by atoms with E-state index < -0.39 is 0 Å². The first kappa shape index (κ1) is 13.2. The van der Waals surface area contributed by atoms with Crippen LogP contribution < -0.4 is 5.56 Å². The molecule has 1 aromatic carbocycles. The second kappa shape index (κ2) is 5.38. The highest BCUT2D eigenvalue weighted by molar-refractivity contribution is 5.82. The topological polar surface area (TPSA) is 100 Å². The number of rotatable bonds is 0. The Balaban J connectivity index is 2.15. The third-order valence-corrected chi connectivity index (χ3v) is 3.38. The molecule has 0 atom stereocenters. The van der Waals surface area contributed by atoms with Gasteiger partial charge < -0.3 is 9.40 Å². The SMILES string of the molecule is O=c1[nH]c2c(oc3ccccc3cncnc3[nH]ncc13)C=C2. The van der Waals surface area contributed by atoms with Gasteiger partial charge in [-0.05, 0) is 24.3 Å². The number of para-hydroxylation sites is 1. The van der Waals surface area contributed by atoms with Gasteiger partial charge in [-0.15, -0.1) is 0 Å². The van der Waals surface area contributed by atoms with E-state index in [-0.39, 0.29) is 5.56 Å². The van der Waals surface area contributed by atoms with Crippen molar-refractivity contribution in [1.29, 1.82) is 0 Å². The molecule has 0 saturated carbocycles. The Labute approximate surface area is 129 Å². The molecule has 112 valence electrons. The number of nitrogens with zero attached hydrogens (tertiary/aromatic N) is 3. The molecule has 0 spiro atoms. The van der Waals surface area contributed by atoms with Crippen LogP contribution in [0.5, 0.6) is 0 Å². The first-order valence-corrected chi connectivity index (χ1v) is 6.91. The van der Waals surface area contributed by atoms with Gasteiger partial charge in [0.2, 0.25) is 0 Å². The molecule has 7 heteroatoms. The van der Waals surface area contributed by atoms with E-state index in [4.69, 9.17) is 4.42 Å². The highest BCUT2D eigenvalue weighted by Gasteiger charge is 2.07. The molecule has 2 heterocycles. The van der Waals surface area contributed by atoms with E-state index in [1.165, 1.54) is 12.5 Å². The van der Waals surface area contributed by atoms with Gasteiger partial charge >= 0.3 is 0 Å². The van der Waals surface area contributed by atoms with Crippen molar-refractivity contribution in [3.05, 3.63) is 64.8 Å². The second-order valence-electron chi connectivity index (χ2n) is 4.86. The van der Waals surface area contributed by atoms with Crippen LogP contribution >= 0.6 is 0 Å². The van der Waals surface area contributed by atoms with Gasteiger partial charge in [0.05, 0.1) is 11.9 Å². The molecule has 0 bridgehead atoms. The number of aromatic nitrogens is 5. The van der Waals surface area contributed by atoms with Crippen molar-refractivity contribution in [1.82, 2.24) is 25.1 Å². The number of benzene rings is 1. The van der Waals surface area contributed by atoms with E-state index in [9.17, 15) is 4.79 Å². The lowest BCUT2D eigenvalue weighted by molar-refractivity contribution is 0.586. The van der Waals surface area contributed by atoms with Crippen LogP contribution in [-0.2, 0) is 0 Å². The summed E-state index contributed by atoms with van der Waals surface area (Å²) in [4.78, 5) is 23.3. The summed E-state index contributed by atoms with van der Waals surface area (Å²) in [6.07, 6.45) is 7.98. The summed E-state index contributed by atoms with van der Waals surface area (Å²) in [5, 5.41) is 7.66. The first-order valence-electron chi connectivity index (χ1n) is 6.91. The van der Waals surface area contributed by atoms with Crippen molar-refractivity contribution < 1.29 is 4.42 Å². The summed E-state index contributed by atoms with van der Waals surface area (Å²) in [5.74, 6) is 0.587. The minimum atomic E-state index is -0.317. The Morgan fingerprint density at radius 3 is 2.87 bits per heavy atom. The summed E-state index contributed by atoms with van der Waals surface area (Å²) < 4.78 is 5.85. The zero-order valence-corrected chi connectivity index (χ0v) is 11.9. The van der Waals surface area contributed by atoms with Crippen LogP contribution in [0, 0.1) is 0 Å². The minimum Gasteiger partial charge on any atom is -0.454 e. The number of hydrogen-bond acceptors (Lipinski definition) is 5. The molecule has 2 aromatic heterocycles. The van der Waals surface area contributed by atoms with E-state index in [0.29, 0.717) is 28.1 Å². The van der Waals surface area contributed by atoms with Gasteiger partial charge in [0.25, 0.3) is 5.56 Å². The Kier molecular flexibility index (Phi) is 3.09. The van der Waals surface area contributed by atoms with E-state index in [0.717, 1.165) is 5.39 Å². The fourth-order valence-corrected chi connectivity index (χ4v) is 2.16. The fourth-order valence-electron chi connectivity index (χ4n) is 2.16. The van der Waals surface area contributed by atoms with Crippen LogP contribution in [0.3, 0.4) is 0 Å². The summed E-state index contributed by atoms with van der Waals surface area (Å²) in [6, 6.07) is 7.49. The summed E-state index contributed by atoms with van der Waals surface area (Å²) in [5.41, 5.74) is 1.29. The van der Waals surface area contributed by atoms with E-state index in [1.54, 1.807) is 18.3 Å². The Bertz CT molecular complexity index is 1100. The average molecular weight is 305 g/mol. The molecule has 1 aliphatic rings. The van der Waals surface area contributed by atoms with Gasteiger partial charge in [-0.2, -0.15) is 5.10 Å². The molecule has 23 heavy (non-hydrogen) atoms. The summed E-state index contributed by atoms with van der Waals surface area (Å²) >= 11 is 0. The summed E-state index contributed by atoms with van der Waals surface area (Å²) in [6.45, 7) is 0. The maximum Gasteiger partial charge on any atom is 0.261 e. The van der Waals surface area contributed by atoms with E-state index in [1.807, 2.05) is 24.3 Å². The van der Waals surface area contributed by atoms with Crippen LogP contribution in [0.4, 0.5) is 0 Å². The molecule has 0 unspecified atom stereocenters. The van der Waals surface area contributed by atoms with Gasteiger partial charge in [-0.1, -0.05) is 12.1 Å². The van der Waals surface area contributed by atoms with Crippen molar-refractivity contribution in [2.75, 3.05) is 0 Å². The monoisotopic (exact) mass is 305 g/mol. The largest absolute Gasteiger partial charge is 0.454 e. The van der Waals surface area contributed by atoms with Crippen LogP contribution in [-0.4, -0.2) is 25.1 Å². The number of hydrogen-bond donors (Lipinski definition) is 2. The molecule has 7 nitrogen and oxygen atoms in total. The zero-order valence-electron chi connectivity index (χ0n) is 11.9. The predicted octanol–water partition coefficient (Wildman–Crippen LogP) is 2.52. The highest BCUT2D eigenvalue weighted by atomic mass is 16.3. The normalized spacial score (nSPS) is 11.5. The van der Waals surface area contributed by atoms with Gasteiger partial charge in [-0.3, -0.25) is 9.89 Å². The molecule has 2 N–H and O–H groups in total. The molecule has 0 amide bonds. The van der Waals surface area contributed by atoms with Gasteiger partial charge in [0.15, 0.2) is 11.4 Å². The van der Waals surface area contributed by atoms with Crippen LogP contribution in [0.1, 0.15) is 11.5 Å². The third kappa shape index (κ3) is 2.44. The Hall–Kier alpha value is -3.48. The van der Waals surface area contributed by atoms with Crippen molar-refractivity contribution in [3.8, 4) is 0 Å². The first-order chi connectivity index (χ1) is 11.3. The average Bonchev–Trinajstić information content (AvgIpc) is 3.02.